The molecule has 3 N–H and O–H groups in total. The van der Waals surface area contributed by atoms with Crippen LogP contribution in [-0.4, -0.2) is 65.7 Å². The number of likely N-dealkylation sites (N-methyl/N-ethyl adjacent to an activating group) is 1. The number of thiazole rings is 1. The normalized spacial score (nSPS) is 17.1. The third kappa shape index (κ3) is 5.73. The molecule has 0 radical (unpaired) electrons. The van der Waals surface area contributed by atoms with Crippen molar-refractivity contribution in [2.45, 2.75) is 44.1 Å². The van der Waals surface area contributed by atoms with Gasteiger partial charge in [0.1, 0.15) is 28.6 Å². The molecule has 6 rings (SSSR count). The molecular weight excluding hydrogens is 524 g/mol. The van der Waals surface area contributed by atoms with Gasteiger partial charge in [-0.15, -0.1) is 11.3 Å². The number of nitrogens with zero attached hydrogens (tertiary/aromatic N) is 4. The molecule has 1 atom stereocenters. The fourth-order valence-electron chi connectivity index (χ4n) is 5.35. The first-order valence-electron chi connectivity index (χ1n) is 13.8. The predicted molar refractivity (Wildman–Crippen MR) is 157 cm³/mol. The van der Waals surface area contributed by atoms with Gasteiger partial charge in [-0.25, -0.2) is 15.0 Å². The second kappa shape index (κ2) is 11.4. The Kier molecular flexibility index (Phi) is 7.53. The number of hydrogen-bond donors (Lipinski definition) is 2. The molecule has 1 unspecified atom stereocenters. The number of nitrogen functional groups attached to an aromatic ring is 1. The zero-order valence-electron chi connectivity index (χ0n) is 22.9. The number of anilines is 1. The highest BCUT2D eigenvalue weighted by Crippen LogP contribution is 2.40. The number of nitrogens with two attached hydrogens (primary N) is 1. The fourth-order valence-corrected chi connectivity index (χ4v) is 6.46. The lowest BCUT2D eigenvalue weighted by atomic mass is 9.95. The van der Waals surface area contributed by atoms with Gasteiger partial charge >= 0.3 is 0 Å². The molecule has 1 fully saturated rings. The number of hydrogen-bond acceptors (Lipinski definition) is 9. The van der Waals surface area contributed by atoms with Gasteiger partial charge in [-0.05, 0) is 75.3 Å². The van der Waals surface area contributed by atoms with Crippen LogP contribution >= 0.6 is 11.3 Å². The van der Waals surface area contributed by atoms with E-state index in [9.17, 15) is 4.79 Å². The zero-order chi connectivity index (χ0) is 27.6. The Labute approximate surface area is 237 Å². The van der Waals surface area contributed by atoms with E-state index < -0.39 is 0 Å². The van der Waals surface area contributed by atoms with Crippen LogP contribution in [0.5, 0.6) is 11.5 Å². The minimum atomic E-state index is -0.00536. The van der Waals surface area contributed by atoms with E-state index in [0.29, 0.717) is 18.8 Å². The molecule has 2 aromatic heterocycles. The standard InChI is InChI=1S/C30H34N6O3S/c1-36(2)11-12-38-25-15-19(23-9-10-32-30(31)34-23)16-26-27(25)35-29(40-26)21-14-20-13-18(7-8-24(20)39-17-21)28(37)33-22-5-3-4-6-22/h7-10,13,15-16,21-22H,3-6,11-12,14,17H2,1-2H3,(H,33,37)(H2,31,32,34). The molecule has 4 aromatic rings. The molecule has 0 bridgehead atoms. The Morgan fingerprint density at radius 1 is 1.18 bits per heavy atom. The lowest BCUT2D eigenvalue weighted by molar-refractivity contribution is 0.0937. The van der Waals surface area contributed by atoms with Gasteiger partial charge in [-0.3, -0.25) is 4.79 Å². The summed E-state index contributed by atoms with van der Waals surface area (Å²) < 4.78 is 13.4. The van der Waals surface area contributed by atoms with Crippen LogP contribution in [0.2, 0.25) is 0 Å². The van der Waals surface area contributed by atoms with E-state index in [1.54, 1.807) is 17.5 Å². The van der Waals surface area contributed by atoms with Crippen molar-refractivity contribution in [3.63, 3.8) is 0 Å². The van der Waals surface area contributed by atoms with Crippen molar-refractivity contribution >= 4 is 33.4 Å². The Morgan fingerprint density at radius 2 is 2.02 bits per heavy atom. The Bertz CT molecular complexity index is 1530. The van der Waals surface area contributed by atoms with Crippen molar-refractivity contribution in [2.75, 3.05) is 39.6 Å². The van der Waals surface area contributed by atoms with E-state index in [-0.39, 0.29) is 23.8 Å². The van der Waals surface area contributed by atoms with Gasteiger partial charge in [0, 0.05) is 35.8 Å². The van der Waals surface area contributed by atoms with Crippen LogP contribution in [0.3, 0.4) is 0 Å². The summed E-state index contributed by atoms with van der Waals surface area (Å²) in [5.41, 5.74) is 10.1. The molecule has 2 aromatic carbocycles. The van der Waals surface area contributed by atoms with Crippen LogP contribution in [0, 0.1) is 0 Å². The molecule has 10 heteroatoms. The SMILES string of the molecule is CN(C)CCOc1cc(-c2ccnc(N)n2)cc2sc(C3COc4ccc(C(=O)NC5CCCC5)cc4C3)nc12. The van der Waals surface area contributed by atoms with Crippen molar-refractivity contribution in [3.8, 4) is 22.8 Å². The lowest BCUT2D eigenvalue weighted by Crippen LogP contribution is -2.32. The molecule has 40 heavy (non-hydrogen) atoms. The Hall–Kier alpha value is -3.76. The number of nitrogens with one attached hydrogen (secondary N) is 1. The van der Waals surface area contributed by atoms with Gasteiger partial charge in [-0.2, -0.15) is 0 Å². The first kappa shape index (κ1) is 26.5. The van der Waals surface area contributed by atoms with E-state index >= 15 is 0 Å². The molecule has 3 heterocycles. The van der Waals surface area contributed by atoms with Crippen LogP contribution < -0.4 is 20.5 Å². The summed E-state index contributed by atoms with van der Waals surface area (Å²) in [5, 5.41) is 4.18. The van der Waals surface area contributed by atoms with Crippen molar-refractivity contribution in [1.29, 1.82) is 0 Å². The molecule has 2 aliphatic rings. The van der Waals surface area contributed by atoms with Gasteiger partial charge in [0.2, 0.25) is 5.95 Å². The number of benzene rings is 2. The Morgan fingerprint density at radius 3 is 2.83 bits per heavy atom. The maximum absolute atomic E-state index is 12.9. The molecule has 9 nitrogen and oxygen atoms in total. The Balaban J connectivity index is 1.28. The average Bonchev–Trinajstić information content (AvgIpc) is 3.62. The van der Waals surface area contributed by atoms with E-state index in [4.69, 9.17) is 20.2 Å². The number of carbonyl (C=O) groups is 1. The van der Waals surface area contributed by atoms with Crippen LogP contribution in [0.25, 0.3) is 21.5 Å². The number of ether oxygens (including phenoxy) is 2. The third-order valence-corrected chi connectivity index (χ3v) is 8.68. The van der Waals surface area contributed by atoms with Gasteiger partial charge in [0.05, 0.1) is 17.0 Å². The van der Waals surface area contributed by atoms with Crippen molar-refractivity contribution in [2.24, 2.45) is 0 Å². The number of carbonyl (C=O) groups excluding carboxylic acids is 1. The maximum Gasteiger partial charge on any atom is 0.251 e. The molecule has 0 spiro atoms. The summed E-state index contributed by atoms with van der Waals surface area (Å²) in [6.45, 7) is 1.86. The molecule has 1 saturated carbocycles. The molecule has 1 aliphatic heterocycles. The highest BCUT2D eigenvalue weighted by Gasteiger charge is 2.27. The summed E-state index contributed by atoms with van der Waals surface area (Å²) in [7, 11) is 4.04. The fraction of sp³-hybridized carbons (Fsp3) is 0.400. The summed E-state index contributed by atoms with van der Waals surface area (Å²) in [6, 6.07) is 11.9. The summed E-state index contributed by atoms with van der Waals surface area (Å²) in [6.07, 6.45) is 6.91. The molecule has 1 amide bonds. The topological polar surface area (TPSA) is 115 Å². The van der Waals surface area contributed by atoms with Crippen LogP contribution in [0.4, 0.5) is 5.95 Å². The summed E-state index contributed by atoms with van der Waals surface area (Å²) in [4.78, 5) is 28.5. The van der Waals surface area contributed by atoms with E-state index in [2.05, 4.69) is 26.3 Å². The lowest BCUT2D eigenvalue weighted by Gasteiger charge is -2.24. The van der Waals surface area contributed by atoms with Gasteiger partial charge in [0.15, 0.2) is 0 Å². The maximum atomic E-state index is 12.9. The van der Waals surface area contributed by atoms with Crippen LogP contribution in [0.15, 0.2) is 42.6 Å². The van der Waals surface area contributed by atoms with E-state index in [1.165, 1.54) is 12.8 Å². The summed E-state index contributed by atoms with van der Waals surface area (Å²) in [5.74, 6) is 1.86. The second-order valence-electron chi connectivity index (χ2n) is 10.8. The van der Waals surface area contributed by atoms with Gasteiger partial charge in [-0.1, -0.05) is 12.8 Å². The molecule has 208 valence electrons. The van der Waals surface area contributed by atoms with Crippen LogP contribution in [-0.2, 0) is 6.42 Å². The average molecular weight is 559 g/mol. The second-order valence-corrected chi connectivity index (χ2v) is 11.9. The highest BCUT2D eigenvalue weighted by molar-refractivity contribution is 7.18. The number of rotatable bonds is 8. The predicted octanol–water partition coefficient (Wildman–Crippen LogP) is 4.67. The minimum Gasteiger partial charge on any atom is -0.493 e. The first-order chi connectivity index (χ1) is 19.4. The minimum absolute atomic E-state index is 0.00536. The van der Waals surface area contributed by atoms with Gasteiger partial charge < -0.3 is 25.4 Å². The summed E-state index contributed by atoms with van der Waals surface area (Å²) >= 11 is 1.64. The monoisotopic (exact) mass is 558 g/mol. The van der Waals surface area contributed by atoms with Crippen LogP contribution in [0.1, 0.15) is 52.5 Å². The number of aromatic nitrogens is 3. The largest absolute Gasteiger partial charge is 0.493 e. The highest BCUT2D eigenvalue weighted by atomic mass is 32.1. The number of fused-ring (bicyclic) bond motifs is 2. The third-order valence-electron chi connectivity index (χ3n) is 7.51. The number of amides is 1. The smallest absolute Gasteiger partial charge is 0.251 e. The van der Waals surface area contributed by atoms with Crippen molar-refractivity contribution in [3.05, 3.63) is 58.7 Å². The first-order valence-corrected chi connectivity index (χ1v) is 14.6. The van der Waals surface area contributed by atoms with Crippen molar-refractivity contribution in [1.82, 2.24) is 25.2 Å². The molecular formula is C30H34N6O3S. The van der Waals surface area contributed by atoms with E-state index in [1.807, 2.05) is 44.4 Å². The molecule has 0 saturated heterocycles. The van der Waals surface area contributed by atoms with E-state index in [0.717, 1.165) is 69.4 Å². The van der Waals surface area contributed by atoms with Crippen molar-refractivity contribution < 1.29 is 14.3 Å². The molecule has 1 aliphatic carbocycles. The quantitative estimate of drug-likeness (QED) is 0.321. The zero-order valence-corrected chi connectivity index (χ0v) is 23.7. The van der Waals surface area contributed by atoms with Gasteiger partial charge in [0.25, 0.3) is 5.91 Å².